The molecule has 1 atom stereocenters. The van der Waals surface area contributed by atoms with E-state index in [2.05, 4.69) is 17.3 Å². The molecule has 1 aromatic rings. The molecule has 2 rings (SSSR count). The molecule has 0 aliphatic carbocycles. The highest BCUT2D eigenvalue weighted by molar-refractivity contribution is 5.16. The highest BCUT2D eigenvalue weighted by Crippen LogP contribution is 2.13. The number of halogens is 1. The van der Waals surface area contributed by atoms with Crippen LogP contribution in [0.1, 0.15) is 18.4 Å². The molecular weight excluding hydrogens is 215 g/mol. The number of piperidine rings is 1. The first-order valence-electron chi connectivity index (χ1n) is 6.38. The molecule has 1 fully saturated rings. The third-order valence-electron chi connectivity index (χ3n) is 3.31. The van der Waals surface area contributed by atoms with Gasteiger partial charge in [0.05, 0.1) is 0 Å². The Labute approximate surface area is 103 Å². The molecule has 0 amide bonds. The van der Waals surface area contributed by atoms with E-state index in [1.807, 2.05) is 6.07 Å². The predicted octanol–water partition coefficient (Wildman–Crippen LogP) is 2.26. The van der Waals surface area contributed by atoms with Crippen molar-refractivity contribution in [2.45, 2.75) is 19.4 Å². The van der Waals surface area contributed by atoms with Gasteiger partial charge in [-0.2, -0.15) is 0 Å². The monoisotopic (exact) mass is 236 g/mol. The summed E-state index contributed by atoms with van der Waals surface area (Å²) in [5, 5.41) is 3.43. The second-order valence-corrected chi connectivity index (χ2v) is 5.04. The van der Waals surface area contributed by atoms with Crippen molar-refractivity contribution in [2.75, 3.05) is 26.7 Å². The van der Waals surface area contributed by atoms with Crippen molar-refractivity contribution in [3.63, 3.8) is 0 Å². The molecule has 1 saturated heterocycles. The summed E-state index contributed by atoms with van der Waals surface area (Å²) >= 11 is 0. The smallest absolute Gasteiger partial charge is 0.123 e. The summed E-state index contributed by atoms with van der Waals surface area (Å²) in [6, 6.07) is 6.88. The van der Waals surface area contributed by atoms with Gasteiger partial charge in [0.15, 0.2) is 0 Å². The van der Waals surface area contributed by atoms with Crippen molar-refractivity contribution in [1.82, 2.24) is 10.2 Å². The van der Waals surface area contributed by atoms with Crippen LogP contribution < -0.4 is 5.32 Å². The Morgan fingerprint density at radius 1 is 1.47 bits per heavy atom. The van der Waals surface area contributed by atoms with E-state index < -0.39 is 0 Å². The van der Waals surface area contributed by atoms with E-state index in [4.69, 9.17) is 0 Å². The lowest BCUT2D eigenvalue weighted by atomic mass is 9.99. The Morgan fingerprint density at radius 2 is 2.35 bits per heavy atom. The molecule has 1 aliphatic heterocycles. The fourth-order valence-corrected chi connectivity index (χ4v) is 2.53. The van der Waals surface area contributed by atoms with Crippen LogP contribution in [0.4, 0.5) is 4.39 Å². The largest absolute Gasteiger partial charge is 0.316 e. The summed E-state index contributed by atoms with van der Waals surface area (Å²) in [5.41, 5.74) is 1.05. The molecule has 0 radical (unpaired) electrons. The standard InChI is InChI=1S/C14H21FN2/c1-17(11-13-5-3-7-16-9-13)10-12-4-2-6-14(15)8-12/h2,4,6,8,13,16H,3,5,7,9-11H2,1H3. The molecule has 1 N–H and O–H groups in total. The molecule has 0 aromatic heterocycles. The van der Waals surface area contributed by atoms with Gasteiger partial charge < -0.3 is 10.2 Å². The first-order valence-corrected chi connectivity index (χ1v) is 6.38. The second kappa shape index (κ2) is 6.12. The number of nitrogens with zero attached hydrogens (tertiary/aromatic N) is 1. The van der Waals surface area contributed by atoms with Gasteiger partial charge in [0, 0.05) is 13.1 Å². The van der Waals surface area contributed by atoms with E-state index in [-0.39, 0.29) is 5.82 Å². The third kappa shape index (κ3) is 4.10. The van der Waals surface area contributed by atoms with Crippen molar-refractivity contribution in [3.8, 4) is 0 Å². The zero-order valence-corrected chi connectivity index (χ0v) is 10.5. The van der Waals surface area contributed by atoms with Gasteiger partial charge >= 0.3 is 0 Å². The molecule has 17 heavy (non-hydrogen) atoms. The van der Waals surface area contributed by atoms with Gasteiger partial charge in [-0.1, -0.05) is 12.1 Å². The van der Waals surface area contributed by atoms with Crippen LogP contribution in [0.5, 0.6) is 0 Å². The molecule has 1 heterocycles. The predicted molar refractivity (Wildman–Crippen MR) is 68.3 cm³/mol. The van der Waals surface area contributed by atoms with E-state index in [0.717, 1.165) is 37.7 Å². The fraction of sp³-hybridized carbons (Fsp3) is 0.571. The molecule has 94 valence electrons. The van der Waals surface area contributed by atoms with Crippen LogP contribution in [0.3, 0.4) is 0 Å². The lowest BCUT2D eigenvalue weighted by Gasteiger charge is -2.27. The first kappa shape index (κ1) is 12.5. The van der Waals surface area contributed by atoms with E-state index in [0.29, 0.717) is 0 Å². The molecule has 0 saturated carbocycles. The Balaban J connectivity index is 1.82. The summed E-state index contributed by atoms with van der Waals surface area (Å²) in [7, 11) is 2.11. The lowest BCUT2D eigenvalue weighted by Crippen LogP contribution is -2.36. The number of rotatable bonds is 4. The summed E-state index contributed by atoms with van der Waals surface area (Å²) in [6.45, 7) is 4.19. The summed E-state index contributed by atoms with van der Waals surface area (Å²) in [4.78, 5) is 2.28. The highest BCUT2D eigenvalue weighted by atomic mass is 19.1. The van der Waals surface area contributed by atoms with Gasteiger partial charge in [-0.3, -0.25) is 0 Å². The number of hydrogen-bond acceptors (Lipinski definition) is 2. The van der Waals surface area contributed by atoms with Crippen LogP contribution in [-0.2, 0) is 6.54 Å². The lowest BCUT2D eigenvalue weighted by molar-refractivity contribution is 0.237. The Kier molecular flexibility index (Phi) is 4.51. The first-order chi connectivity index (χ1) is 8.24. The number of benzene rings is 1. The minimum absolute atomic E-state index is 0.143. The van der Waals surface area contributed by atoms with Gasteiger partial charge in [-0.25, -0.2) is 4.39 Å². The van der Waals surface area contributed by atoms with Crippen LogP contribution in [0, 0.1) is 11.7 Å². The van der Waals surface area contributed by atoms with Gasteiger partial charge in [0.2, 0.25) is 0 Å². The zero-order valence-electron chi connectivity index (χ0n) is 10.5. The Morgan fingerprint density at radius 3 is 3.06 bits per heavy atom. The number of nitrogens with one attached hydrogen (secondary N) is 1. The van der Waals surface area contributed by atoms with Crippen molar-refractivity contribution in [3.05, 3.63) is 35.6 Å². The van der Waals surface area contributed by atoms with E-state index in [9.17, 15) is 4.39 Å². The van der Waals surface area contributed by atoms with E-state index in [1.54, 1.807) is 12.1 Å². The maximum absolute atomic E-state index is 13.0. The highest BCUT2D eigenvalue weighted by Gasteiger charge is 2.14. The van der Waals surface area contributed by atoms with Crippen molar-refractivity contribution >= 4 is 0 Å². The SMILES string of the molecule is CN(Cc1cccc(F)c1)CC1CCCNC1. The van der Waals surface area contributed by atoms with Crippen LogP contribution in [0.2, 0.25) is 0 Å². The molecule has 1 aliphatic rings. The molecule has 3 heteroatoms. The fourth-order valence-electron chi connectivity index (χ4n) is 2.53. The molecular formula is C14H21FN2. The van der Waals surface area contributed by atoms with Gasteiger partial charge in [-0.05, 0) is 56.6 Å². The average Bonchev–Trinajstić information content (AvgIpc) is 2.30. The van der Waals surface area contributed by atoms with Gasteiger partial charge in [0.25, 0.3) is 0 Å². The third-order valence-corrected chi connectivity index (χ3v) is 3.31. The Bertz CT molecular complexity index is 348. The molecule has 1 aromatic carbocycles. The quantitative estimate of drug-likeness (QED) is 0.862. The molecule has 2 nitrogen and oxygen atoms in total. The molecule has 1 unspecified atom stereocenters. The van der Waals surface area contributed by atoms with Crippen molar-refractivity contribution in [2.24, 2.45) is 5.92 Å². The normalized spacial score (nSPS) is 20.8. The van der Waals surface area contributed by atoms with Crippen LogP contribution >= 0.6 is 0 Å². The number of hydrogen-bond donors (Lipinski definition) is 1. The minimum Gasteiger partial charge on any atom is -0.316 e. The summed E-state index contributed by atoms with van der Waals surface area (Å²) in [5.74, 6) is 0.595. The van der Waals surface area contributed by atoms with Gasteiger partial charge in [0.1, 0.15) is 5.82 Å². The molecule has 0 spiro atoms. The summed E-state index contributed by atoms with van der Waals surface area (Å²) < 4.78 is 13.0. The minimum atomic E-state index is -0.143. The molecule has 0 bridgehead atoms. The van der Waals surface area contributed by atoms with Crippen LogP contribution in [0.25, 0.3) is 0 Å². The maximum atomic E-state index is 13.0. The van der Waals surface area contributed by atoms with E-state index in [1.165, 1.54) is 18.9 Å². The average molecular weight is 236 g/mol. The van der Waals surface area contributed by atoms with E-state index >= 15 is 0 Å². The zero-order chi connectivity index (χ0) is 12.1. The van der Waals surface area contributed by atoms with Crippen molar-refractivity contribution < 1.29 is 4.39 Å². The van der Waals surface area contributed by atoms with Crippen LogP contribution in [0.15, 0.2) is 24.3 Å². The van der Waals surface area contributed by atoms with Crippen LogP contribution in [-0.4, -0.2) is 31.6 Å². The topological polar surface area (TPSA) is 15.3 Å². The second-order valence-electron chi connectivity index (χ2n) is 5.04. The maximum Gasteiger partial charge on any atom is 0.123 e. The Hall–Kier alpha value is -0.930. The van der Waals surface area contributed by atoms with Gasteiger partial charge in [-0.15, -0.1) is 0 Å². The van der Waals surface area contributed by atoms with Crippen molar-refractivity contribution in [1.29, 1.82) is 0 Å². The summed E-state index contributed by atoms with van der Waals surface area (Å²) in [6.07, 6.45) is 2.58.